The lowest BCUT2D eigenvalue weighted by Crippen LogP contribution is -2.33. The van der Waals surface area contributed by atoms with Gasteiger partial charge in [0.25, 0.3) is 5.91 Å². The van der Waals surface area contributed by atoms with Gasteiger partial charge >= 0.3 is 0 Å². The van der Waals surface area contributed by atoms with Gasteiger partial charge < -0.3 is 4.42 Å². The van der Waals surface area contributed by atoms with Crippen molar-refractivity contribution in [3.05, 3.63) is 95.3 Å². The van der Waals surface area contributed by atoms with Crippen molar-refractivity contribution < 1.29 is 13.6 Å². The number of hydrogen-bond donors (Lipinski definition) is 0. The third-order valence-electron chi connectivity index (χ3n) is 4.09. The van der Waals surface area contributed by atoms with E-state index in [2.05, 4.69) is 4.99 Å². The second-order valence-electron chi connectivity index (χ2n) is 5.94. The highest BCUT2D eigenvalue weighted by atomic mass is 19.1. The second kappa shape index (κ2) is 6.44. The number of amidine groups is 1. The van der Waals surface area contributed by atoms with E-state index in [0.717, 1.165) is 5.56 Å². The fourth-order valence-corrected chi connectivity index (χ4v) is 2.78. The first-order valence-electron chi connectivity index (χ1n) is 8.13. The summed E-state index contributed by atoms with van der Waals surface area (Å²) in [7, 11) is 0. The Morgan fingerprint density at radius 1 is 1.04 bits per heavy atom. The molecule has 2 aromatic carbocycles. The molecule has 0 radical (unpaired) electrons. The summed E-state index contributed by atoms with van der Waals surface area (Å²) in [6, 6.07) is 17.2. The Morgan fingerprint density at radius 3 is 2.50 bits per heavy atom. The first-order valence-corrected chi connectivity index (χ1v) is 8.13. The number of carbonyl (C=O) groups excluding carboxylic acids is 1. The second-order valence-corrected chi connectivity index (χ2v) is 5.94. The minimum absolute atomic E-state index is 0.193. The predicted molar refractivity (Wildman–Crippen MR) is 98.3 cm³/mol. The van der Waals surface area contributed by atoms with Gasteiger partial charge in [-0.05, 0) is 43.3 Å². The summed E-state index contributed by atoms with van der Waals surface area (Å²) in [5.41, 5.74) is 2.16. The standard InChI is InChI=1S/C21H15FN2O2/c1-14-8-10-15(11-9-14)24-20(17-6-2-3-7-18(17)22)23-19(21(24)25)13-16-5-4-12-26-16/h2-13H,1H3/b19-13+. The molecule has 4 rings (SSSR count). The molecule has 0 spiro atoms. The third kappa shape index (κ3) is 2.84. The Kier molecular flexibility index (Phi) is 3.97. The van der Waals surface area contributed by atoms with E-state index in [4.69, 9.17) is 4.42 Å². The van der Waals surface area contributed by atoms with Gasteiger partial charge in [-0.15, -0.1) is 0 Å². The smallest absolute Gasteiger partial charge is 0.282 e. The fraction of sp³-hybridized carbons (Fsp3) is 0.0476. The van der Waals surface area contributed by atoms with Crippen molar-refractivity contribution in [3.63, 3.8) is 0 Å². The average molecular weight is 346 g/mol. The highest BCUT2D eigenvalue weighted by Crippen LogP contribution is 2.29. The van der Waals surface area contributed by atoms with Gasteiger partial charge in [0.2, 0.25) is 0 Å². The Hall–Kier alpha value is -3.47. The quantitative estimate of drug-likeness (QED) is 0.653. The van der Waals surface area contributed by atoms with Crippen LogP contribution < -0.4 is 4.90 Å². The maximum absolute atomic E-state index is 14.4. The summed E-state index contributed by atoms with van der Waals surface area (Å²) in [4.78, 5) is 18.8. The van der Waals surface area contributed by atoms with E-state index in [1.54, 1.807) is 36.4 Å². The van der Waals surface area contributed by atoms with Gasteiger partial charge in [-0.2, -0.15) is 0 Å². The zero-order valence-electron chi connectivity index (χ0n) is 14.0. The summed E-state index contributed by atoms with van der Waals surface area (Å²) >= 11 is 0. The predicted octanol–water partition coefficient (Wildman–Crippen LogP) is 4.56. The summed E-state index contributed by atoms with van der Waals surface area (Å²) in [5, 5.41) is 0. The van der Waals surface area contributed by atoms with E-state index in [1.165, 1.54) is 17.2 Å². The minimum atomic E-state index is -0.435. The van der Waals surface area contributed by atoms with Crippen LogP contribution in [0.25, 0.3) is 6.08 Å². The average Bonchev–Trinajstić information content (AvgIpc) is 3.26. The molecule has 1 aromatic heterocycles. The Balaban J connectivity index is 1.86. The molecule has 4 nitrogen and oxygen atoms in total. The number of nitrogens with zero attached hydrogens (tertiary/aromatic N) is 2. The summed E-state index contributed by atoms with van der Waals surface area (Å²) in [6.45, 7) is 1.96. The van der Waals surface area contributed by atoms with Crippen molar-refractivity contribution in [1.82, 2.24) is 0 Å². The Labute approximate surface area is 149 Å². The highest BCUT2D eigenvalue weighted by molar-refractivity contribution is 6.33. The normalized spacial score (nSPS) is 15.6. The zero-order chi connectivity index (χ0) is 18.1. The van der Waals surface area contributed by atoms with Gasteiger partial charge in [0.1, 0.15) is 17.3 Å². The molecule has 0 atom stereocenters. The van der Waals surface area contributed by atoms with Crippen molar-refractivity contribution in [2.45, 2.75) is 6.92 Å². The molecule has 0 fully saturated rings. The molecule has 0 unspecified atom stereocenters. The molecular weight excluding hydrogens is 331 g/mol. The van der Waals surface area contributed by atoms with Crippen LogP contribution in [0, 0.1) is 12.7 Å². The summed E-state index contributed by atoms with van der Waals surface area (Å²) in [5.74, 6) is 0.00409. The number of hydrogen-bond acceptors (Lipinski definition) is 3. The number of aliphatic imine (C=N–C) groups is 1. The van der Waals surface area contributed by atoms with E-state index in [-0.39, 0.29) is 23.0 Å². The van der Waals surface area contributed by atoms with Gasteiger partial charge in [-0.3, -0.25) is 9.69 Å². The van der Waals surface area contributed by atoms with Gasteiger partial charge in [0.15, 0.2) is 5.84 Å². The van der Waals surface area contributed by atoms with E-state index in [0.29, 0.717) is 11.4 Å². The van der Waals surface area contributed by atoms with Crippen LogP contribution in [-0.4, -0.2) is 11.7 Å². The molecule has 2 heterocycles. The Morgan fingerprint density at radius 2 is 1.81 bits per heavy atom. The first kappa shape index (κ1) is 16.0. The van der Waals surface area contributed by atoms with Crippen LogP contribution in [0.4, 0.5) is 10.1 Å². The van der Waals surface area contributed by atoms with Crippen LogP contribution >= 0.6 is 0 Å². The number of amides is 1. The number of aryl methyl sites for hydroxylation is 1. The minimum Gasteiger partial charge on any atom is -0.465 e. The molecule has 128 valence electrons. The van der Waals surface area contributed by atoms with Crippen LogP contribution in [-0.2, 0) is 4.79 Å². The van der Waals surface area contributed by atoms with Crippen LogP contribution in [0.2, 0.25) is 0 Å². The summed E-state index contributed by atoms with van der Waals surface area (Å²) in [6.07, 6.45) is 3.07. The monoisotopic (exact) mass is 346 g/mol. The lowest BCUT2D eigenvalue weighted by Gasteiger charge is -2.19. The summed E-state index contributed by atoms with van der Waals surface area (Å²) < 4.78 is 19.6. The van der Waals surface area contributed by atoms with Gasteiger partial charge in [0.05, 0.1) is 17.5 Å². The first-order chi connectivity index (χ1) is 12.6. The van der Waals surface area contributed by atoms with Gasteiger partial charge in [-0.1, -0.05) is 29.8 Å². The van der Waals surface area contributed by atoms with Gasteiger partial charge in [-0.25, -0.2) is 9.38 Å². The van der Waals surface area contributed by atoms with Crippen molar-refractivity contribution in [2.24, 2.45) is 4.99 Å². The number of furan rings is 1. The SMILES string of the molecule is Cc1ccc(N2C(=O)/C(=C\c3ccco3)N=C2c2ccccc2F)cc1. The van der Waals surface area contributed by atoms with Crippen molar-refractivity contribution in [1.29, 1.82) is 0 Å². The number of halogens is 1. The molecular formula is C21H15FN2O2. The largest absolute Gasteiger partial charge is 0.465 e. The van der Waals surface area contributed by atoms with Gasteiger partial charge in [0, 0.05) is 6.08 Å². The van der Waals surface area contributed by atoms with E-state index in [1.807, 2.05) is 31.2 Å². The number of anilines is 1. The highest BCUT2D eigenvalue weighted by Gasteiger charge is 2.33. The third-order valence-corrected chi connectivity index (χ3v) is 4.09. The molecule has 5 heteroatoms. The molecule has 1 aliphatic heterocycles. The molecule has 0 aliphatic carbocycles. The maximum Gasteiger partial charge on any atom is 0.282 e. The maximum atomic E-state index is 14.4. The lowest BCUT2D eigenvalue weighted by atomic mass is 10.1. The van der Waals surface area contributed by atoms with E-state index >= 15 is 0 Å². The lowest BCUT2D eigenvalue weighted by molar-refractivity contribution is -0.113. The molecule has 1 amide bonds. The van der Waals surface area contributed by atoms with Crippen molar-refractivity contribution in [3.8, 4) is 0 Å². The number of rotatable bonds is 3. The number of carbonyl (C=O) groups is 1. The molecule has 26 heavy (non-hydrogen) atoms. The molecule has 0 saturated carbocycles. The van der Waals surface area contributed by atoms with Crippen molar-refractivity contribution >= 4 is 23.5 Å². The zero-order valence-corrected chi connectivity index (χ0v) is 14.0. The van der Waals surface area contributed by atoms with Crippen LogP contribution in [0.15, 0.2) is 82.0 Å². The molecule has 1 aliphatic rings. The molecule has 0 bridgehead atoms. The Bertz CT molecular complexity index is 1020. The molecule has 3 aromatic rings. The topological polar surface area (TPSA) is 45.8 Å². The fourth-order valence-electron chi connectivity index (χ4n) is 2.78. The van der Waals surface area contributed by atoms with Crippen LogP contribution in [0.3, 0.4) is 0 Å². The molecule has 0 N–H and O–H groups in total. The van der Waals surface area contributed by atoms with Crippen LogP contribution in [0.1, 0.15) is 16.9 Å². The van der Waals surface area contributed by atoms with E-state index in [9.17, 15) is 9.18 Å². The van der Waals surface area contributed by atoms with Crippen LogP contribution in [0.5, 0.6) is 0 Å². The molecule has 0 saturated heterocycles. The number of benzene rings is 2. The van der Waals surface area contributed by atoms with Crippen molar-refractivity contribution in [2.75, 3.05) is 4.90 Å². The van der Waals surface area contributed by atoms with E-state index < -0.39 is 5.82 Å².